The molecule has 2 rings (SSSR count). The molecule has 2 nitrogen and oxygen atoms in total. The Morgan fingerprint density at radius 2 is 2.29 bits per heavy atom. The van der Waals surface area contributed by atoms with E-state index in [1.807, 2.05) is 18.2 Å². The van der Waals surface area contributed by atoms with Crippen LogP contribution in [0.1, 0.15) is 12.8 Å². The summed E-state index contributed by atoms with van der Waals surface area (Å²) in [5.74, 6) is 0. The van der Waals surface area contributed by atoms with E-state index in [0.29, 0.717) is 6.54 Å². The normalized spacial score (nSPS) is 31.3. The Bertz CT molecular complexity index is 273. The lowest BCUT2D eigenvalue weighted by atomic mass is 10.0. The molecule has 0 radical (unpaired) electrons. The predicted octanol–water partition coefficient (Wildman–Crippen LogP) is 1.84. The minimum atomic E-state index is -3.03. The third-order valence-corrected chi connectivity index (χ3v) is 2.37. The van der Waals surface area contributed by atoms with Crippen molar-refractivity contribution in [2.45, 2.75) is 25.1 Å². The highest BCUT2D eigenvalue weighted by molar-refractivity contribution is 5.27. The van der Waals surface area contributed by atoms with E-state index >= 15 is 0 Å². The molecular formula is C10H13F2NO. The molecular weight excluding hydrogens is 188 g/mol. The van der Waals surface area contributed by atoms with Crippen LogP contribution in [0.25, 0.3) is 0 Å². The lowest BCUT2D eigenvalue weighted by Gasteiger charge is -2.31. The maximum atomic E-state index is 12.9. The summed E-state index contributed by atoms with van der Waals surface area (Å²) in [5.41, 5.74) is 0.864. The van der Waals surface area contributed by atoms with Crippen LogP contribution in [-0.4, -0.2) is 25.3 Å². The highest BCUT2D eigenvalue weighted by Crippen LogP contribution is 2.25. The summed E-state index contributed by atoms with van der Waals surface area (Å²) >= 11 is 0. The van der Waals surface area contributed by atoms with Crippen molar-refractivity contribution in [1.82, 2.24) is 5.32 Å². The van der Waals surface area contributed by atoms with Crippen molar-refractivity contribution >= 4 is 0 Å². The van der Waals surface area contributed by atoms with E-state index in [4.69, 9.17) is 4.74 Å². The van der Waals surface area contributed by atoms with Crippen LogP contribution in [0.2, 0.25) is 0 Å². The molecule has 0 amide bonds. The van der Waals surface area contributed by atoms with E-state index < -0.39 is 12.2 Å². The van der Waals surface area contributed by atoms with Gasteiger partial charge in [0.15, 0.2) is 0 Å². The van der Waals surface area contributed by atoms with Crippen LogP contribution < -0.4 is 5.32 Å². The Labute approximate surface area is 81.6 Å². The lowest BCUT2D eigenvalue weighted by Crippen LogP contribution is -2.49. The first-order chi connectivity index (χ1) is 6.67. The van der Waals surface area contributed by atoms with Crippen LogP contribution in [0.15, 0.2) is 23.8 Å². The molecule has 1 fully saturated rings. The van der Waals surface area contributed by atoms with E-state index in [1.54, 1.807) is 0 Å². The molecule has 0 aromatic rings. The first-order valence-electron chi connectivity index (χ1n) is 4.80. The number of morpholine rings is 1. The second-order valence-electron chi connectivity index (χ2n) is 3.56. The van der Waals surface area contributed by atoms with Crippen LogP contribution >= 0.6 is 0 Å². The van der Waals surface area contributed by atoms with Crippen LogP contribution in [0.5, 0.6) is 0 Å². The van der Waals surface area contributed by atoms with Crippen molar-refractivity contribution in [3.63, 3.8) is 0 Å². The van der Waals surface area contributed by atoms with E-state index in [-0.39, 0.29) is 6.54 Å². The number of halogens is 2. The average Bonchev–Trinajstić information content (AvgIpc) is 2.18. The molecule has 1 unspecified atom stereocenters. The zero-order valence-corrected chi connectivity index (χ0v) is 7.80. The molecule has 0 saturated carbocycles. The van der Waals surface area contributed by atoms with Crippen molar-refractivity contribution in [2.24, 2.45) is 0 Å². The Morgan fingerprint density at radius 1 is 1.43 bits per heavy atom. The van der Waals surface area contributed by atoms with Gasteiger partial charge in [0.1, 0.15) is 6.10 Å². The summed E-state index contributed by atoms with van der Waals surface area (Å²) in [6, 6.07) is 0. The SMILES string of the molecule is FC1(F)CNCC(C2=CCCC=C2)O1. The zero-order chi connectivity index (χ0) is 10.0. The Kier molecular flexibility index (Phi) is 2.65. The fourth-order valence-electron chi connectivity index (χ4n) is 1.70. The molecule has 4 heteroatoms. The molecule has 1 aliphatic heterocycles. The van der Waals surface area contributed by atoms with Crippen molar-refractivity contribution < 1.29 is 13.5 Å². The average molecular weight is 201 g/mol. The number of allylic oxidation sites excluding steroid dienone is 2. The summed E-state index contributed by atoms with van der Waals surface area (Å²) in [7, 11) is 0. The van der Waals surface area contributed by atoms with Gasteiger partial charge in [-0.2, -0.15) is 8.78 Å². The number of nitrogens with one attached hydrogen (secondary N) is 1. The van der Waals surface area contributed by atoms with Crippen molar-refractivity contribution in [2.75, 3.05) is 13.1 Å². The highest BCUT2D eigenvalue weighted by Gasteiger charge is 2.38. The van der Waals surface area contributed by atoms with E-state index in [2.05, 4.69) is 5.32 Å². The summed E-state index contributed by atoms with van der Waals surface area (Å²) in [4.78, 5) is 0. The summed E-state index contributed by atoms with van der Waals surface area (Å²) in [5, 5.41) is 2.67. The van der Waals surface area contributed by atoms with Crippen molar-refractivity contribution in [1.29, 1.82) is 0 Å². The summed E-state index contributed by atoms with van der Waals surface area (Å²) in [6.07, 6.45) is 4.19. The van der Waals surface area contributed by atoms with Gasteiger partial charge in [-0.1, -0.05) is 18.2 Å². The van der Waals surface area contributed by atoms with Crippen LogP contribution in [0.4, 0.5) is 8.78 Å². The summed E-state index contributed by atoms with van der Waals surface area (Å²) < 4.78 is 30.4. The van der Waals surface area contributed by atoms with Crippen LogP contribution in [-0.2, 0) is 4.74 Å². The van der Waals surface area contributed by atoms with Crippen LogP contribution in [0.3, 0.4) is 0 Å². The van der Waals surface area contributed by atoms with Crippen LogP contribution in [0, 0.1) is 0 Å². The predicted molar refractivity (Wildman–Crippen MR) is 49.1 cm³/mol. The third-order valence-electron chi connectivity index (χ3n) is 2.37. The summed E-state index contributed by atoms with van der Waals surface area (Å²) in [6.45, 7) is 0.0757. The Hall–Kier alpha value is -0.740. The molecule has 78 valence electrons. The highest BCUT2D eigenvalue weighted by atomic mass is 19.3. The van der Waals surface area contributed by atoms with Gasteiger partial charge < -0.3 is 10.1 Å². The number of ether oxygens (including phenoxy) is 1. The number of rotatable bonds is 1. The first kappa shape index (κ1) is 9.80. The molecule has 0 aromatic heterocycles. The molecule has 1 atom stereocenters. The number of hydrogen-bond donors (Lipinski definition) is 1. The quantitative estimate of drug-likeness (QED) is 0.699. The van der Waals surface area contributed by atoms with Gasteiger partial charge in [0.2, 0.25) is 0 Å². The minimum absolute atomic E-state index is 0.388. The third kappa shape index (κ3) is 2.19. The topological polar surface area (TPSA) is 21.3 Å². The van der Waals surface area contributed by atoms with Crippen molar-refractivity contribution in [3.05, 3.63) is 23.8 Å². The number of hydrogen-bond acceptors (Lipinski definition) is 2. The second-order valence-corrected chi connectivity index (χ2v) is 3.56. The molecule has 1 heterocycles. The molecule has 1 aliphatic carbocycles. The van der Waals surface area contributed by atoms with Gasteiger partial charge in [-0.25, -0.2) is 0 Å². The molecule has 0 bridgehead atoms. The zero-order valence-electron chi connectivity index (χ0n) is 7.80. The molecule has 0 spiro atoms. The van der Waals surface area contributed by atoms with Gasteiger partial charge in [-0.3, -0.25) is 0 Å². The van der Waals surface area contributed by atoms with Gasteiger partial charge >= 0.3 is 6.11 Å². The maximum Gasteiger partial charge on any atom is 0.368 e. The molecule has 1 N–H and O–H groups in total. The van der Waals surface area contributed by atoms with Gasteiger partial charge in [-0.05, 0) is 18.4 Å². The second kappa shape index (κ2) is 3.79. The van der Waals surface area contributed by atoms with Gasteiger partial charge in [0, 0.05) is 6.54 Å². The van der Waals surface area contributed by atoms with Gasteiger partial charge in [-0.15, -0.1) is 0 Å². The van der Waals surface area contributed by atoms with E-state index in [0.717, 1.165) is 18.4 Å². The largest absolute Gasteiger partial charge is 0.368 e. The molecule has 0 aromatic carbocycles. The lowest BCUT2D eigenvalue weighted by molar-refractivity contribution is -0.265. The van der Waals surface area contributed by atoms with E-state index in [1.165, 1.54) is 0 Å². The fraction of sp³-hybridized carbons (Fsp3) is 0.600. The smallest absolute Gasteiger partial charge is 0.310 e. The Morgan fingerprint density at radius 3 is 2.93 bits per heavy atom. The van der Waals surface area contributed by atoms with Gasteiger partial charge in [0.05, 0.1) is 6.54 Å². The standard InChI is InChI=1S/C10H13F2NO/c11-10(12)7-13-6-9(14-10)8-4-2-1-3-5-8/h2,4-5,9,13H,1,3,6-7H2. The maximum absolute atomic E-state index is 12.9. The first-order valence-corrected chi connectivity index (χ1v) is 4.80. The van der Waals surface area contributed by atoms with Crippen molar-refractivity contribution in [3.8, 4) is 0 Å². The molecule has 2 aliphatic rings. The minimum Gasteiger partial charge on any atom is -0.310 e. The monoisotopic (exact) mass is 201 g/mol. The molecule has 1 saturated heterocycles. The fourth-order valence-corrected chi connectivity index (χ4v) is 1.70. The molecule has 14 heavy (non-hydrogen) atoms. The Balaban J connectivity index is 2.04. The number of alkyl halides is 2. The van der Waals surface area contributed by atoms with Gasteiger partial charge in [0.25, 0.3) is 0 Å². The van der Waals surface area contributed by atoms with E-state index in [9.17, 15) is 8.78 Å².